The highest BCUT2D eigenvalue weighted by Crippen LogP contribution is 2.32. The zero-order chi connectivity index (χ0) is 14.9. The minimum absolute atomic E-state index is 0.182. The Labute approximate surface area is 117 Å². The van der Waals surface area contributed by atoms with E-state index in [1.807, 2.05) is 0 Å². The fraction of sp³-hybridized carbons (Fsp3) is 0.250. The third-order valence-corrected chi connectivity index (χ3v) is 3.81. The first-order valence-electron chi connectivity index (χ1n) is 5.79. The molecule has 2 rings (SSSR count). The van der Waals surface area contributed by atoms with Crippen molar-refractivity contribution in [3.05, 3.63) is 50.3 Å². The second kappa shape index (κ2) is 5.59. The van der Waals surface area contributed by atoms with Gasteiger partial charge in [-0.25, -0.2) is 4.39 Å². The lowest BCUT2D eigenvalue weighted by atomic mass is 10.1. The van der Waals surface area contributed by atoms with Crippen LogP contribution in [0.3, 0.4) is 0 Å². The lowest BCUT2D eigenvalue weighted by molar-refractivity contribution is 0.581. The molecule has 1 heterocycles. The van der Waals surface area contributed by atoms with Crippen LogP contribution < -0.4 is 16.9 Å². The van der Waals surface area contributed by atoms with E-state index in [1.165, 1.54) is 17.8 Å². The number of benzene rings is 1. The minimum atomic E-state index is -0.913. The summed E-state index contributed by atoms with van der Waals surface area (Å²) in [6.45, 7) is 1.73. The fourth-order valence-electron chi connectivity index (χ4n) is 1.63. The van der Waals surface area contributed by atoms with Crippen LogP contribution in [-0.4, -0.2) is 14.8 Å². The van der Waals surface area contributed by atoms with Crippen molar-refractivity contribution in [3.8, 4) is 0 Å². The smallest absolute Gasteiger partial charge is 0.324 e. The van der Waals surface area contributed by atoms with E-state index in [9.17, 15) is 14.0 Å². The van der Waals surface area contributed by atoms with Crippen LogP contribution in [0.1, 0.15) is 18.5 Å². The SMILES string of the molecule is C[C@@H](N)c1cccc(F)c1Sc1nc(=O)c(=O)[nH]n1C. The Balaban J connectivity index is 2.53. The Morgan fingerprint density at radius 3 is 2.80 bits per heavy atom. The lowest BCUT2D eigenvalue weighted by Gasteiger charge is -2.13. The summed E-state index contributed by atoms with van der Waals surface area (Å²) in [7, 11) is 1.52. The molecule has 0 amide bonds. The first kappa shape index (κ1) is 14.5. The average molecular weight is 296 g/mol. The second-order valence-electron chi connectivity index (χ2n) is 4.25. The lowest BCUT2D eigenvalue weighted by Crippen LogP contribution is -2.33. The Hall–Kier alpha value is -1.93. The molecule has 0 bridgehead atoms. The topological polar surface area (TPSA) is 93.8 Å². The van der Waals surface area contributed by atoms with E-state index < -0.39 is 16.9 Å². The molecule has 1 atom stereocenters. The second-order valence-corrected chi connectivity index (χ2v) is 5.23. The van der Waals surface area contributed by atoms with E-state index in [-0.39, 0.29) is 16.1 Å². The van der Waals surface area contributed by atoms with Gasteiger partial charge in [-0.05, 0) is 30.3 Å². The van der Waals surface area contributed by atoms with Gasteiger partial charge in [0.25, 0.3) is 0 Å². The van der Waals surface area contributed by atoms with Gasteiger partial charge in [0.05, 0.1) is 4.90 Å². The quantitative estimate of drug-likeness (QED) is 0.816. The van der Waals surface area contributed by atoms with Crippen molar-refractivity contribution in [1.29, 1.82) is 0 Å². The highest BCUT2D eigenvalue weighted by Gasteiger charge is 2.15. The van der Waals surface area contributed by atoms with Gasteiger partial charge in [0, 0.05) is 13.1 Å². The maximum absolute atomic E-state index is 13.9. The predicted molar refractivity (Wildman–Crippen MR) is 73.2 cm³/mol. The number of hydrogen-bond acceptors (Lipinski definition) is 5. The first-order valence-corrected chi connectivity index (χ1v) is 6.61. The largest absolute Gasteiger partial charge is 0.339 e. The Morgan fingerprint density at radius 2 is 2.15 bits per heavy atom. The van der Waals surface area contributed by atoms with Gasteiger partial charge in [0.1, 0.15) is 5.82 Å². The van der Waals surface area contributed by atoms with E-state index in [1.54, 1.807) is 19.1 Å². The molecule has 20 heavy (non-hydrogen) atoms. The van der Waals surface area contributed by atoms with Crippen molar-refractivity contribution in [2.75, 3.05) is 0 Å². The molecule has 3 N–H and O–H groups in total. The molecule has 0 saturated heterocycles. The van der Waals surface area contributed by atoms with Crippen LogP contribution in [-0.2, 0) is 7.05 Å². The monoisotopic (exact) mass is 296 g/mol. The Kier molecular flexibility index (Phi) is 4.05. The van der Waals surface area contributed by atoms with Crippen LogP contribution in [0, 0.1) is 5.82 Å². The number of hydrogen-bond donors (Lipinski definition) is 2. The number of rotatable bonds is 3. The van der Waals surface area contributed by atoms with Gasteiger partial charge in [0.2, 0.25) is 0 Å². The molecule has 0 spiro atoms. The van der Waals surface area contributed by atoms with Gasteiger partial charge in [-0.3, -0.25) is 19.4 Å². The standard InChI is InChI=1S/C12H13FN4O2S/c1-6(14)7-4-3-5-8(13)9(7)20-12-15-10(18)11(19)16-17(12)2/h3-6H,14H2,1-2H3,(H,16,19)/t6-/m1/s1. The van der Waals surface area contributed by atoms with Gasteiger partial charge >= 0.3 is 11.1 Å². The molecule has 0 fully saturated rings. The molecule has 8 heteroatoms. The number of nitrogens with two attached hydrogens (primary N) is 1. The zero-order valence-electron chi connectivity index (χ0n) is 10.9. The van der Waals surface area contributed by atoms with Crippen molar-refractivity contribution >= 4 is 11.8 Å². The molecule has 0 saturated carbocycles. The third-order valence-electron chi connectivity index (χ3n) is 2.63. The summed E-state index contributed by atoms with van der Waals surface area (Å²) >= 11 is 0.945. The minimum Gasteiger partial charge on any atom is -0.324 e. The third kappa shape index (κ3) is 2.81. The summed E-state index contributed by atoms with van der Waals surface area (Å²) in [4.78, 5) is 26.3. The summed E-state index contributed by atoms with van der Waals surface area (Å²) in [6.07, 6.45) is 0. The molecule has 6 nitrogen and oxygen atoms in total. The molecule has 1 aromatic heterocycles. The summed E-state index contributed by atoms with van der Waals surface area (Å²) in [5.74, 6) is -0.453. The molecule has 1 aromatic carbocycles. The molecule has 0 aliphatic rings. The van der Waals surface area contributed by atoms with Crippen LogP contribution in [0.2, 0.25) is 0 Å². The molecule has 0 aliphatic carbocycles. The molecule has 106 valence electrons. The highest BCUT2D eigenvalue weighted by molar-refractivity contribution is 7.99. The number of aromatic nitrogens is 3. The van der Waals surface area contributed by atoms with Crippen LogP contribution in [0.25, 0.3) is 0 Å². The Bertz CT molecular complexity index is 754. The Morgan fingerprint density at radius 1 is 1.45 bits per heavy atom. The highest BCUT2D eigenvalue weighted by atomic mass is 32.2. The number of nitrogens with zero attached hydrogens (tertiary/aromatic N) is 2. The molecular weight excluding hydrogens is 283 g/mol. The van der Waals surface area contributed by atoms with E-state index in [2.05, 4.69) is 10.1 Å². The molecule has 0 radical (unpaired) electrons. The van der Waals surface area contributed by atoms with Gasteiger partial charge in [-0.15, -0.1) is 0 Å². The van der Waals surface area contributed by atoms with Crippen molar-refractivity contribution in [2.45, 2.75) is 23.0 Å². The predicted octanol–water partition coefficient (Wildman–Crippen LogP) is 0.779. The van der Waals surface area contributed by atoms with Crippen LogP contribution >= 0.6 is 11.8 Å². The maximum atomic E-state index is 13.9. The number of aromatic amines is 1. The molecule has 0 aliphatic heterocycles. The van der Waals surface area contributed by atoms with Crippen LogP contribution in [0.5, 0.6) is 0 Å². The van der Waals surface area contributed by atoms with E-state index >= 15 is 0 Å². The summed E-state index contributed by atoms with van der Waals surface area (Å²) in [6, 6.07) is 4.21. The summed E-state index contributed by atoms with van der Waals surface area (Å²) in [5.41, 5.74) is 4.68. The number of aryl methyl sites for hydroxylation is 1. The van der Waals surface area contributed by atoms with Gasteiger partial charge in [-0.1, -0.05) is 12.1 Å². The van der Waals surface area contributed by atoms with Gasteiger partial charge < -0.3 is 5.73 Å². The normalized spacial score (nSPS) is 12.4. The van der Waals surface area contributed by atoms with Crippen molar-refractivity contribution in [1.82, 2.24) is 14.8 Å². The summed E-state index contributed by atoms with van der Waals surface area (Å²) in [5, 5.41) is 2.49. The first-order chi connectivity index (χ1) is 9.40. The number of halogens is 1. The van der Waals surface area contributed by atoms with E-state index in [0.29, 0.717) is 5.56 Å². The van der Waals surface area contributed by atoms with Crippen molar-refractivity contribution < 1.29 is 4.39 Å². The van der Waals surface area contributed by atoms with E-state index in [0.717, 1.165) is 11.8 Å². The average Bonchev–Trinajstić information content (AvgIpc) is 2.37. The van der Waals surface area contributed by atoms with Crippen molar-refractivity contribution in [3.63, 3.8) is 0 Å². The maximum Gasteiger partial charge on any atom is 0.339 e. The van der Waals surface area contributed by atoms with Crippen LogP contribution in [0.15, 0.2) is 37.8 Å². The zero-order valence-corrected chi connectivity index (χ0v) is 11.7. The number of nitrogens with one attached hydrogen (secondary N) is 1. The fourth-order valence-corrected chi connectivity index (χ4v) is 2.67. The number of H-pyrrole nitrogens is 1. The molecule has 0 unspecified atom stereocenters. The van der Waals surface area contributed by atoms with Crippen LogP contribution in [0.4, 0.5) is 4.39 Å². The van der Waals surface area contributed by atoms with Crippen molar-refractivity contribution in [2.24, 2.45) is 12.8 Å². The summed E-state index contributed by atoms with van der Waals surface area (Å²) < 4.78 is 15.2. The molecule has 2 aromatic rings. The molecular formula is C12H13FN4O2S. The van der Waals surface area contributed by atoms with Gasteiger partial charge in [-0.2, -0.15) is 4.98 Å². The van der Waals surface area contributed by atoms with Gasteiger partial charge in [0.15, 0.2) is 5.16 Å². The van der Waals surface area contributed by atoms with E-state index in [4.69, 9.17) is 5.73 Å².